The molecule has 2 aromatic carbocycles. The standard InChI is InChI=1S/C13H13NO3S2/c14-19(16,17)13-9-5-4-8-12(13)18(15)10-11-6-2-1-3-7-11/h1-9H,10H2,(H2,14,16,17). The van der Waals surface area contributed by atoms with Crippen molar-refractivity contribution < 1.29 is 12.6 Å². The number of hydrogen-bond acceptors (Lipinski definition) is 3. The Morgan fingerprint density at radius 3 is 2.16 bits per heavy atom. The number of rotatable bonds is 4. The topological polar surface area (TPSA) is 77.2 Å². The predicted molar refractivity (Wildman–Crippen MR) is 74.4 cm³/mol. The molecule has 0 spiro atoms. The predicted octanol–water partition coefficient (Wildman–Crippen LogP) is 1.64. The maximum atomic E-state index is 12.3. The molecule has 19 heavy (non-hydrogen) atoms. The zero-order valence-electron chi connectivity index (χ0n) is 10.0. The average Bonchev–Trinajstić information content (AvgIpc) is 2.39. The summed E-state index contributed by atoms with van der Waals surface area (Å²) in [6, 6.07) is 15.3. The number of sulfonamides is 1. The van der Waals surface area contributed by atoms with Crippen LogP contribution in [0.5, 0.6) is 0 Å². The summed E-state index contributed by atoms with van der Waals surface area (Å²) in [5, 5.41) is 5.13. The van der Waals surface area contributed by atoms with Crippen LogP contribution in [0.1, 0.15) is 5.56 Å². The molecule has 100 valence electrons. The molecule has 2 aromatic rings. The fourth-order valence-electron chi connectivity index (χ4n) is 1.68. The fourth-order valence-corrected chi connectivity index (χ4v) is 4.09. The van der Waals surface area contributed by atoms with Gasteiger partial charge in [0, 0.05) is 0 Å². The summed E-state index contributed by atoms with van der Waals surface area (Å²) in [7, 11) is -5.32. The average molecular weight is 295 g/mol. The molecular formula is C13H13NO3S2. The van der Waals surface area contributed by atoms with Crippen LogP contribution in [0, 0.1) is 0 Å². The van der Waals surface area contributed by atoms with Crippen molar-refractivity contribution in [2.24, 2.45) is 5.14 Å². The molecule has 0 radical (unpaired) electrons. The summed E-state index contributed by atoms with van der Waals surface area (Å²) in [4.78, 5) is 0.165. The Morgan fingerprint density at radius 1 is 0.947 bits per heavy atom. The summed E-state index contributed by atoms with van der Waals surface area (Å²) in [6.45, 7) is 0. The minimum Gasteiger partial charge on any atom is -0.254 e. The highest BCUT2D eigenvalue weighted by Gasteiger charge is 2.17. The third-order valence-corrected chi connectivity index (χ3v) is 5.08. The van der Waals surface area contributed by atoms with E-state index in [1.807, 2.05) is 30.3 Å². The van der Waals surface area contributed by atoms with Gasteiger partial charge in [0.15, 0.2) is 0 Å². The van der Waals surface area contributed by atoms with E-state index in [4.69, 9.17) is 5.14 Å². The first-order valence-electron chi connectivity index (χ1n) is 5.52. The first-order chi connectivity index (χ1) is 8.98. The van der Waals surface area contributed by atoms with E-state index in [2.05, 4.69) is 0 Å². The summed E-state index contributed by atoms with van der Waals surface area (Å²) in [5.41, 5.74) is 0.880. The molecule has 0 saturated heterocycles. The molecule has 0 saturated carbocycles. The Labute approximate surface area is 114 Å². The van der Waals surface area contributed by atoms with Crippen LogP contribution in [0.15, 0.2) is 64.4 Å². The molecule has 0 aliphatic heterocycles. The van der Waals surface area contributed by atoms with E-state index >= 15 is 0 Å². The van der Waals surface area contributed by atoms with Crippen LogP contribution < -0.4 is 5.14 Å². The van der Waals surface area contributed by atoms with Gasteiger partial charge in [0.1, 0.15) is 0 Å². The molecule has 1 unspecified atom stereocenters. The van der Waals surface area contributed by atoms with Crippen LogP contribution in [0.25, 0.3) is 0 Å². The van der Waals surface area contributed by atoms with Crippen LogP contribution in [-0.4, -0.2) is 12.6 Å². The van der Waals surface area contributed by atoms with Crippen LogP contribution in [0.3, 0.4) is 0 Å². The Balaban J connectivity index is 2.35. The smallest absolute Gasteiger partial charge is 0.239 e. The zero-order chi connectivity index (χ0) is 13.9. The van der Waals surface area contributed by atoms with Crippen molar-refractivity contribution in [1.29, 1.82) is 0 Å². The van der Waals surface area contributed by atoms with Gasteiger partial charge in [-0.05, 0) is 17.7 Å². The summed E-state index contributed by atoms with van der Waals surface area (Å²) < 4.78 is 35.2. The molecule has 0 bridgehead atoms. The lowest BCUT2D eigenvalue weighted by Gasteiger charge is -2.07. The Kier molecular flexibility index (Phi) is 4.14. The van der Waals surface area contributed by atoms with E-state index in [0.29, 0.717) is 0 Å². The van der Waals surface area contributed by atoms with Gasteiger partial charge in [0.2, 0.25) is 10.0 Å². The van der Waals surface area contributed by atoms with Gasteiger partial charge in [-0.1, -0.05) is 42.5 Å². The van der Waals surface area contributed by atoms with Gasteiger partial charge in [-0.2, -0.15) is 0 Å². The summed E-state index contributed by atoms with van der Waals surface area (Å²) in [6.07, 6.45) is 0. The van der Waals surface area contributed by atoms with Gasteiger partial charge in [0.25, 0.3) is 0 Å². The zero-order valence-corrected chi connectivity index (χ0v) is 11.7. The van der Waals surface area contributed by atoms with Crippen LogP contribution in [0.2, 0.25) is 0 Å². The number of benzene rings is 2. The molecule has 4 nitrogen and oxygen atoms in total. The molecule has 0 aliphatic rings. The third kappa shape index (κ3) is 3.50. The van der Waals surface area contributed by atoms with E-state index in [9.17, 15) is 12.6 Å². The van der Waals surface area contributed by atoms with E-state index in [-0.39, 0.29) is 15.5 Å². The molecular weight excluding hydrogens is 282 g/mol. The lowest BCUT2D eigenvalue weighted by atomic mass is 10.2. The monoisotopic (exact) mass is 295 g/mol. The van der Waals surface area contributed by atoms with Crippen molar-refractivity contribution in [3.63, 3.8) is 0 Å². The number of primary sulfonamides is 1. The number of hydrogen-bond donors (Lipinski definition) is 1. The highest BCUT2D eigenvalue weighted by Crippen LogP contribution is 2.20. The fraction of sp³-hybridized carbons (Fsp3) is 0.0769. The first kappa shape index (κ1) is 13.9. The van der Waals surface area contributed by atoms with Crippen LogP contribution in [0.4, 0.5) is 0 Å². The van der Waals surface area contributed by atoms with Crippen LogP contribution in [-0.2, 0) is 26.6 Å². The van der Waals surface area contributed by atoms with Crippen molar-refractivity contribution in [2.75, 3.05) is 0 Å². The summed E-state index contributed by atoms with van der Waals surface area (Å²) in [5.74, 6) is 0.257. The molecule has 0 fully saturated rings. The van der Waals surface area contributed by atoms with E-state index in [1.54, 1.807) is 12.1 Å². The Hall–Kier alpha value is -1.50. The van der Waals surface area contributed by atoms with Crippen molar-refractivity contribution in [3.8, 4) is 0 Å². The molecule has 0 amide bonds. The molecule has 0 aromatic heterocycles. The van der Waals surface area contributed by atoms with Gasteiger partial charge >= 0.3 is 0 Å². The minimum absolute atomic E-state index is 0.0794. The molecule has 2 rings (SSSR count). The molecule has 1 atom stereocenters. The summed E-state index contributed by atoms with van der Waals surface area (Å²) >= 11 is 0. The molecule has 6 heteroatoms. The molecule has 2 N–H and O–H groups in total. The van der Waals surface area contributed by atoms with Crippen molar-refractivity contribution in [3.05, 3.63) is 60.2 Å². The van der Waals surface area contributed by atoms with Gasteiger partial charge in [-0.3, -0.25) is 4.21 Å². The highest BCUT2D eigenvalue weighted by molar-refractivity contribution is 7.90. The van der Waals surface area contributed by atoms with Crippen molar-refractivity contribution in [2.45, 2.75) is 15.5 Å². The van der Waals surface area contributed by atoms with Crippen molar-refractivity contribution in [1.82, 2.24) is 0 Å². The van der Waals surface area contributed by atoms with Gasteiger partial charge < -0.3 is 0 Å². The van der Waals surface area contributed by atoms with E-state index in [0.717, 1.165) is 5.56 Å². The first-order valence-corrected chi connectivity index (χ1v) is 8.39. The van der Waals surface area contributed by atoms with E-state index in [1.165, 1.54) is 12.1 Å². The van der Waals surface area contributed by atoms with Crippen molar-refractivity contribution >= 4 is 20.8 Å². The Morgan fingerprint density at radius 2 is 1.53 bits per heavy atom. The number of nitrogens with two attached hydrogens (primary N) is 1. The van der Waals surface area contributed by atoms with Gasteiger partial charge in [-0.25, -0.2) is 13.6 Å². The van der Waals surface area contributed by atoms with E-state index < -0.39 is 20.8 Å². The van der Waals surface area contributed by atoms with Gasteiger partial charge in [-0.15, -0.1) is 0 Å². The maximum Gasteiger partial charge on any atom is 0.239 e. The lowest BCUT2D eigenvalue weighted by molar-refractivity contribution is 0.595. The maximum absolute atomic E-state index is 12.3. The second-order valence-corrected chi connectivity index (χ2v) is 6.92. The minimum atomic E-state index is -3.86. The quantitative estimate of drug-likeness (QED) is 0.931. The molecule has 0 aliphatic carbocycles. The normalized spacial score (nSPS) is 13.1. The SMILES string of the molecule is NS(=O)(=O)c1ccccc1S(=O)Cc1ccccc1. The van der Waals surface area contributed by atoms with Crippen LogP contribution >= 0.6 is 0 Å². The highest BCUT2D eigenvalue weighted by atomic mass is 32.2. The second kappa shape index (κ2) is 5.64. The Bertz CT molecular complexity index is 697. The van der Waals surface area contributed by atoms with Gasteiger partial charge in [0.05, 0.1) is 26.3 Å². The third-order valence-electron chi connectivity index (χ3n) is 2.54. The lowest BCUT2D eigenvalue weighted by Crippen LogP contribution is -2.15. The second-order valence-electron chi connectivity index (χ2n) is 3.97. The molecule has 0 heterocycles. The largest absolute Gasteiger partial charge is 0.254 e.